The van der Waals surface area contributed by atoms with E-state index < -0.39 is 0 Å². The van der Waals surface area contributed by atoms with Gasteiger partial charge in [0.2, 0.25) is 0 Å². The van der Waals surface area contributed by atoms with Gasteiger partial charge in [-0.2, -0.15) is 5.10 Å². The number of benzene rings is 1. The molecule has 1 atom stereocenters. The first-order valence-corrected chi connectivity index (χ1v) is 7.12. The zero-order valence-electron chi connectivity index (χ0n) is 12.3. The van der Waals surface area contributed by atoms with E-state index >= 15 is 0 Å². The highest BCUT2D eigenvalue weighted by Crippen LogP contribution is 2.29. The van der Waals surface area contributed by atoms with Crippen molar-refractivity contribution in [1.82, 2.24) is 9.78 Å². The molecule has 0 aliphatic carbocycles. The first-order chi connectivity index (χ1) is 8.99. The van der Waals surface area contributed by atoms with Crippen LogP contribution in [0.15, 0.2) is 24.3 Å². The van der Waals surface area contributed by atoms with Crippen LogP contribution in [-0.2, 0) is 13.0 Å². The Labute approximate surface area is 115 Å². The fourth-order valence-corrected chi connectivity index (χ4v) is 2.28. The zero-order chi connectivity index (χ0) is 14.0. The number of aliphatic hydroxyl groups excluding tert-OH is 1. The number of para-hydroxylation sites is 1. The average molecular weight is 260 g/mol. The summed E-state index contributed by atoms with van der Waals surface area (Å²) in [6, 6.07) is 8.25. The van der Waals surface area contributed by atoms with E-state index in [0.717, 1.165) is 29.6 Å². The van der Waals surface area contributed by atoms with Gasteiger partial charge in [0.05, 0.1) is 17.3 Å². The van der Waals surface area contributed by atoms with Gasteiger partial charge in [-0.15, -0.1) is 0 Å². The van der Waals surface area contributed by atoms with E-state index in [9.17, 15) is 5.11 Å². The summed E-state index contributed by atoms with van der Waals surface area (Å²) in [6.45, 7) is 9.28. The minimum Gasteiger partial charge on any atom is -0.392 e. The highest BCUT2D eigenvalue weighted by atomic mass is 16.3. The normalized spacial score (nSPS) is 13.9. The lowest BCUT2D eigenvalue weighted by atomic mass is 9.81. The third kappa shape index (κ3) is 2.66. The molecule has 0 bridgehead atoms. The second-order valence-electron chi connectivity index (χ2n) is 5.84. The van der Waals surface area contributed by atoms with Crippen LogP contribution in [0, 0.1) is 5.41 Å². The standard InChI is InChI=1S/C16H24N2O/c1-5-16(3,4)15(19)11-13-12-9-7-8-10-14(12)18(6-2)17-13/h7-10,15,19H,5-6,11H2,1-4H3. The Balaban J connectivity index is 2.36. The number of aliphatic hydroxyl groups is 1. The maximum absolute atomic E-state index is 10.4. The molecule has 0 amide bonds. The number of fused-ring (bicyclic) bond motifs is 1. The summed E-state index contributed by atoms with van der Waals surface area (Å²) < 4.78 is 2.01. The van der Waals surface area contributed by atoms with Crippen molar-refractivity contribution in [2.24, 2.45) is 5.41 Å². The van der Waals surface area contributed by atoms with Crippen molar-refractivity contribution < 1.29 is 5.11 Å². The Kier molecular flexibility index (Phi) is 3.95. The predicted molar refractivity (Wildman–Crippen MR) is 79.2 cm³/mol. The van der Waals surface area contributed by atoms with E-state index in [-0.39, 0.29) is 11.5 Å². The lowest BCUT2D eigenvalue weighted by Gasteiger charge is -2.28. The number of nitrogens with zero attached hydrogens (tertiary/aromatic N) is 2. The van der Waals surface area contributed by atoms with E-state index in [1.54, 1.807) is 0 Å². The third-order valence-corrected chi connectivity index (χ3v) is 4.23. The van der Waals surface area contributed by atoms with Gasteiger partial charge in [0.1, 0.15) is 0 Å². The Morgan fingerprint density at radius 1 is 1.26 bits per heavy atom. The van der Waals surface area contributed by atoms with Crippen LogP contribution in [0.1, 0.15) is 39.8 Å². The molecule has 1 N–H and O–H groups in total. The Morgan fingerprint density at radius 2 is 1.95 bits per heavy atom. The number of hydrogen-bond acceptors (Lipinski definition) is 2. The highest BCUT2D eigenvalue weighted by molar-refractivity contribution is 5.82. The first-order valence-electron chi connectivity index (χ1n) is 7.12. The topological polar surface area (TPSA) is 38.0 Å². The summed E-state index contributed by atoms with van der Waals surface area (Å²) in [4.78, 5) is 0. The zero-order valence-corrected chi connectivity index (χ0v) is 12.3. The monoisotopic (exact) mass is 260 g/mol. The second kappa shape index (κ2) is 5.33. The molecule has 0 spiro atoms. The van der Waals surface area contributed by atoms with E-state index in [1.807, 2.05) is 16.8 Å². The molecule has 3 heteroatoms. The number of rotatable bonds is 5. The lowest BCUT2D eigenvalue weighted by molar-refractivity contribution is 0.0473. The van der Waals surface area contributed by atoms with Crippen molar-refractivity contribution >= 4 is 10.9 Å². The van der Waals surface area contributed by atoms with Crippen LogP contribution in [0.4, 0.5) is 0 Å². The Morgan fingerprint density at radius 3 is 2.58 bits per heavy atom. The molecule has 0 saturated carbocycles. The highest BCUT2D eigenvalue weighted by Gasteiger charge is 2.27. The van der Waals surface area contributed by atoms with Crippen LogP contribution in [0.2, 0.25) is 0 Å². The maximum Gasteiger partial charge on any atom is 0.0729 e. The van der Waals surface area contributed by atoms with Crippen molar-refractivity contribution in [3.63, 3.8) is 0 Å². The summed E-state index contributed by atoms with van der Waals surface area (Å²) in [7, 11) is 0. The van der Waals surface area contributed by atoms with Gasteiger partial charge in [-0.25, -0.2) is 0 Å². The molecule has 1 heterocycles. The molecule has 104 valence electrons. The van der Waals surface area contributed by atoms with Gasteiger partial charge < -0.3 is 5.11 Å². The Bertz CT molecular complexity index is 557. The average Bonchev–Trinajstić information content (AvgIpc) is 2.77. The molecule has 0 aliphatic rings. The molecular weight excluding hydrogens is 236 g/mol. The molecule has 2 aromatic rings. The summed E-state index contributed by atoms with van der Waals surface area (Å²) in [5.41, 5.74) is 2.09. The minimum atomic E-state index is -0.360. The molecule has 2 rings (SSSR count). The van der Waals surface area contributed by atoms with Gasteiger partial charge >= 0.3 is 0 Å². The largest absolute Gasteiger partial charge is 0.392 e. The van der Waals surface area contributed by atoms with Crippen molar-refractivity contribution in [3.05, 3.63) is 30.0 Å². The van der Waals surface area contributed by atoms with Crippen LogP contribution in [0.25, 0.3) is 10.9 Å². The first kappa shape index (κ1) is 14.1. The van der Waals surface area contributed by atoms with E-state index in [0.29, 0.717) is 6.42 Å². The molecule has 1 unspecified atom stereocenters. The van der Waals surface area contributed by atoms with E-state index in [2.05, 4.69) is 44.9 Å². The quantitative estimate of drug-likeness (QED) is 0.894. The fraction of sp³-hybridized carbons (Fsp3) is 0.562. The Hall–Kier alpha value is -1.35. The molecule has 1 aromatic heterocycles. The summed E-state index contributed by atoms with van der Waals surface area (Å²) in [5.74, 6) is 0. The second-order valence-corrected chi connectivity index (χ2v) is 5.84. The number of aryl methyl sites for hydroxylation is 1. The molecule has 0 saturated heterocycles. The summed E-state index contributed by atoms with van der Waals surface area (Å²) in [6.07, 6.45) is 1.22. The molecule has 1 aromatic carbocycles. The summed E-state index contributed by atoms with van der Waals surface area (Å²) >= 11 is 0. The SMILES string of the molecule is CCn1nc(CC(O)C(C)(C)CC)c2ccccc21. The van der Waals surface area contributed by atoms with Gasteiger partial charge in [-0.1, -0.05) is 39.0 Å². The van der Waals surface area contributed by atoms with Crippen molar-refractivity contribution in [2.75, 3.05) is 0 Å². The predicted octanol–water partition coefficient (Wildman–Crippen LogP) is 3.40. The van der Waals surface area contributed by atoms with Crippen LogP contribution >= 0.6 is 0 Å². The van der Waals surface area contributed by atoms with Crippen molar-refractivity contribution in [3.8, 4) is 0 Å². The summed E-state index contributed by atoms with van der Waals surface area (Å²) in [5, 5.41) is 16.2. The van der Waals surface area contributed by atoms with Gasteiger partial charge in [0.25, 0.3) is 0 Å². The number of aromatic nitrogens is 2. The molecule has 0 fully saturated rings. The smallest absolute Gasteiger partial charge is 0.0729 e. The molecule has 3 nitrogen and oxygen atoms in total. The molecular formula is C16H24N2O. The third-order valence-electron chi connectivity index (χ3n) is 4.23. The fourth-order valence-electron chi connectivity index (χ4n) is 2.28. The van der Waals surface area contributed by atoms with E-state index in [1.165, 1.54) is 0 Å². The van der Waals surface area contributed by atoms with Crippen LogP contribution < -0.4 is 0 Å². The molecule has 0 radical (unpaired) electrons. The van der Waals surface area contributed by atoms with Crippen LogP contribution in [-0.4, -0.2) is 21.0 Å². The molecule has 0 aliphatic heterocycles. The van der Waals surface area contributed by atoms with Crippen LogP contribution in [0.3, 0.4) is 0 Å². The molecule has 19 heavy (non-hydrogen) atoms. The minimum absolute atomic E-state index is 0.0723. The number of hydrogen-bond donors (Lipinski definition) is 1. The van der Waals surface area contributed by atoms with Gasteiger partial charge in [0.15, 0.2) is 0 Å². The van der Waals surface area contributed by atoms with Gasteiger partial charge in [0, 0.05) is 18.4 Å². The van der Waals surface area contributed by atoms with E-state index in [4.69, 9.17) is 0 Å². The van der Waals surface area contributed by atoms with Crippen molar-refractivity contribution in [1.29, 1.82) is 0 Å². The lowest BCUT2D eigenvalue weighted by Crippen LogP contribution is -2.30. The van der Waals surface area contributed by atoms with Gasteiger partial charge in [-0.3, -0.25) is 4.68 Å². The maximum atomic E-state index is 10.4. The van der Waals surface area contributed by atoms with Gasteiger partial charge in [-0.05, 0) is 24.8 Å². The van der Waals surface area contributed by atoms with Crippen molar-refractivity contribution in [2.45, 2.75) is 53.2 Å². The van der Waals surface area contributed by atoms with Crippen LogP contribution in [0.5, 0.6) is 0 Å².